The van der Waals surface area contributed by atoms with E-state index in [0.717, 1.165) is 47.1 Å². The fraction of sp³-hybridized carbons (Fsp3) is 0.360. The van der Waals surface area contributed by atoms with Crippen molar-refractivity contribution in [3.05, 3.63) is 80.9 Å². The molecule has 8 nitrogen and oxygen atoms in total. The number of para-hydroxylation sites is 1. The first kappa shape index (κ1) is 21.3. The van der Waals surface area contributed by atoms with Crippen molar-refractivity contribution < 1.29 is 4.74 Å². The van der Waals surface area contributed by atoms with E-state index in [4.69, 9.17) is 4.74 Å². The van der Waals surface area contributed by atoms with Gasteiger partial charge in [0.15, 0.2) is 5.82 Å². The first-order chi connectivity index (χ1) is 16.1. The van der Waals surface area contributed by atoms with Gasteiger partial charge in [0.05, 0.1) is 18.7 Å². The van der Waals surface area contributed by atoms with E-state index in [9.17, 15) is 4.79 Å². The van der Waals surface area contributed by atoms with E-state index in [1.54, 1.807) is 11.8 Å². The van der Waals surface area contributed by atoms with Crippen LogP contribution < -0.4 is 10.5 Å². The fourth-order valence-electron chi connectivity index (χ4n) is 4.82. The number of fused-ring (bicyclic) bond motifs is 2. The Balaban J connectivity index is 1.74. The monoisotopic (exact) mass is 444 g/mol. The topological polar surface area (TPSA) is 88.9 Å². The second-order valence-corrected chi connectivity index (χ2v) is 8.62. The van der Waals surface area contributed by atoms with Crippen LogP contribution in [-0.2, 0) is 17.7 Å². The van der Waals surface area contributed by atoms with Crippen molar-refractivity contribution in [3.8, 4) is 0 Å². The Morgan fingerprint density at radius 2 is 1.97 bits per heavy atom. The summed E-state index contributed by atoms with van der Waals surface area (Å²) < 4.78 is 7.02. The Kier molecular flexibility index (Phi) is 5.68. The number of rotatable bonds is 6. The number of methoxy groups -OCH3 is 1. The molecule has 2 aromatic heterocycles. The van der Waals surface area contributed by atoms with Crippen LogP contribution >= 0.6 is 0 Å². The summed E-state index contributed by atoms with van der Waals surface area (Å²) >= 11 is 0. The zero-order chi connectivity index (χ0) is 22.9. The summed E-state index contributed by atoms with van der Waals surface area (Å²) in [6.45, 7) is 5.88. The lowest BCUT2D eigenvalue weighted by atomic mass is 9.95. The van der Waals surface area contributed by atoms with Crippen LogP contribution in [0.2, 0.25) is 0 Å². The van der Waals surface area contributed by atoms with Crippen molar-refractivity contribution in [1.29, 1.82) is 0 Å². The number of nitrogens with one attached hydrogen (secondary N) is 1. The third-order valence-corrected chi connectivity index (χ3v) is 6.54. The summed E-state index contributed by atoms with van der Waals surface area (Å²) in [5.41, 5.74) is 5.95. The van der Waals surface area contributed by atoms with Crippen LogP contribution in [0.5, 0.6) is 0 Å². The summed E-state index contributed by atoms with van der Waals surface area (Å²) in [5, 5.41) is 13.6. The number of tetrazole rings is 1. The van der Waals surface area contributed by atoms with Crippen LogP contribution in [-0.4, -0.2) is 45.5 Å². The molecule has 0 unspecified atom stereocenters. The van der Waals surface area contributed by atoms with Crippen LogP contribution in [0.1, 0.15) is 40.5 Å². The number of benzene rings is 2. The predicted octanol–water partition coefficient (Wildman–Crippen LogP) is 3.32. The molecular weight excluding hydrogens is 416 g/mol. The average Bonchev–Trinajstić information content (AvgIpc) is 3.29. The normalized spacial score (nSPS) is 14.5. The highest BCUT2D eigenvalue weighted by Gasteiger charge is 2.33. The summed E-state index contributed by atoms with van der Waals surface area (Å²) in [5.74, 6) is 0.638. The number of nitrogens with zero attached hydrogens (tertiary/aromatic N) is 5. The molecule has 0 spiro atoms. The lowest BCUT2D eigenvalue weighted by Crippen LogP contribution is -2.38. The van der Waals surface area contributed by atoms with Crippen molar-refractivity contribution in [2.45, 2.75) is 39.3 Å². The molecule has 3 heterocycles. The molecule has 0 bridgehead atoms. The van der Waals surface area contributed by atoms with Gasteiger partial charge in [0, 0.05) is 30.3 Å². The number of hydrogen-bond donors (Lipinski definition) is 1. The molecule has 0 amide bonds. The summed E-state index contributed by atoms with van der Waals surface area (Å²) in [6, 6.07) is 14.1. The number of H-pyrrole nitrogens is 1. The molecule has 33 heavy (non-hydrogen) atoms. The number of pyridine rings is 1. The van der Waals surface area contributed by atoms with Gasteiger partial charge in [-0.05, 0) is 65.9 Å². The van der Waals surface area contributed by atoms with Gasteiger partial charge < -0.3 is 14.6 Å². The molecule has 0 fully saturated rings. The SMILES string of the molecule is COCCn1nnnc1[C@@H](c1cc2c(C)ccc(C)c2[nH]c1=O)N1CCCc2ccccc21. The van der Waals surface area contributed by atoms with Crippen LogP contribution in [0.4, 0.5) is 5.69 Å². The molecule has 1 aliphatic rings. The molecule has 0 saturated carbocycles. The molecule has 1 aliphatic heterocycles. The Bertz CT molecular complexity index is 1360. The van der Waals surface area contributed by atoms with E-state index in [-0.39, 0.29) is 5.56 Å². The molecule has 4 aromatic rings. The van der Waals surface area contributed by atoms with Crippen molar-refractivity contribution in [2.24, 2.45) is 0 Å². The summed E-state index contributed by atoms with van der Waals surface area (Å²) in [7, 11) is 1.65. The van der Waals surface area contributed by atoms with Crippen molar-refractivity contribution >= 4 is 16.6 Å². The Morgan fingerprint density at radius 3 is 2.82 bits per heavy atom. The Labute approximate surface area is 192 Å². The predicted molar refractivity (Wildman–Crippen MR) is 128 cm³/mol. The van der Waals surface area contributed by atoms with Gasteiger partial charge in [-0.1, -0.05) is 30.3 Å². The van der Waals surface area contributed by atoms with Crippen LogP contribution in [0.3, 0.4) is 0 Å². The third kappa shape index (κ3) is 3.80. The largest absolute Gasteiger partial charge is 0.383 e. The molecule has 1 N–H and O–H groups in total. The number of anilines is 1. The second-order valence-electron chi connectivity index (χ2n) is 8.62. The maximum Gasteiger partial charge on any atom is 0.254 e. The lowest BCUT2D eigenvalue weighted by Gasteiger charge is -2.37. The average molecular weight is 445 g/mol. The smallest absolute Gasteiger partial charge is 0.254 e. The van der Waals surface area contributed by atoms with Crippen molar-refractivity contribution in [3.63, 3.8) is 0 Å². The molecule has 8 heteroatoms. The quantitative estimate of drug-likeness (QED) is 0.491. The van der Waals surface area contributed by atoms with E-state index in [2.05, 4.69) is 56.6 Å². The minimum absolute atomic E-state index is 0.120. The van der Waals surface area contributed by atoms with Gasteiger partial charge in [0.25, 0.3) is 5.56 Å². The zero-order valence-electron chi connectivity index (χ0n) is 19.2. The first-order valence-corrected chi connectivity index (χ1v) is 11.3. The Morgan fingerprint density at radius 1 is 1.15 bits per heavy atom. The molecule has 2 aromatic carbocycles. The van der Waals surface area contributed by atoms with E-state index < -0.39 is 6.04 Å². The maximum atomic E-state index is 13.5. The number of ether oxygens (including phenoxy) is 1. The van der Waals surface area contributed by atoms with Crippen LogP contribution in [0, 0.1) is 13.8 Å². The Hall–Kier alpha value is -3.52. The molecule has 1 atom stereocenters. The van der Waals surface area contributed by atoms with Gasteiger partial charge in [-0.25, -0.2) is 4.68 Å². The van der Waals surface area contributed by atoms with Gasteiger partial charge in [-0.15, -0.1) is 5.10 Å². The highest BCUT2D eigenvalue weighted by Crippen LogP contribution is 2.37. The molecule has 0 radical (unpaired) electrons. The molecule has 0 saturated heterocycles. The second kappa shape index (κ2) is 8.78. The van der Waals surface area contributed by atoms with E-state index >= 15 is 0 Å². The fourth-order valence-corrected chi connectivity index (χ4v) is 4.82. The van der Waals surface area contributed by atoms with Gasteiger partial charge in [0.1, 0.15) is 6.04 Å². The van der Waals surface area contributed by atoms with E-state index in [1.165, 1.54) is 5.56 Å². The van der Waals surface area contributed by atoms with Crippen molar-refractivity contribution in [2.75, 3.05) is 25.2 Å². The summed E-state index contributed by atoms with van der Waals surface area (Å²) in [4.78, 5) is 19.0. The third-order valence-electron chi connectivity index (χ3n) is 6.54. The number of aromatic nitrogens is 5. The zero-order valence-corrected chi connectivity index (χ0v) is 19.2. The summed E-state index contributed by atoms with van der Waals surface area (Å²) in [6.07, 6.45) is 2.01. The van der Waals surface area contributed by atoms with Crippen LogP contribution in [0.25, 0.3) is 10.9 Å². The van der Waals surface area contributed by atoms with Gasteiger partial charge in [-0.3, -0.25) is 4.79 Å². The highest BCUT2D eigenvalue weighted by atomic mass is 16.5. The van der Waals surface area contributed by atoms with E-state index in [1.807, 2.05) is 25.1 Å². The number of aryl methyl sites for hydroxylation is 3. The first-order valence-electron chi connectivity index (χ1n) is 11.3. The lowest BCUT2D eigenvalue weighted by molar-refractivity contribution is 0.181. The minimum Gasteiger partial charge on any atom is -0.383 e. The van der Waals surface area contributed by atoms with Gasteiger partial charge in [0.2, 0.25) is 0 Å². The number of aromatic amines is 1. The molecular formula is C25H28N6O2. The molecule has 5 rings (SSSR count). The van der Waals surface area contributed by atoms with Crippen LogP contribution in [0.15, 0.2) is 47.3 Å². The number of hydrogen-bond acceptors (Lipinski definition) is 6. The van der Waals surface area contributed by atoms with Gasteiger partial charge in [-0.2, -0.15) is 0 Å². The van der Waals surface area contributed by atoms with E-state index in [0.29, 0.717) is 24.5 Å². The standard InChI is InChI=1S/C25H28N6O2/c1-16-10-11-17(2)22-19(16)15-20(25(32)26-22)23(24-27-28-29-31(24)13-14-33-3)30-12-6-8-18-7-4-5-9-21(18)30/h4-5,7,9-11,15,23H,6,8,12-14H2,1-3H3,(H,26,32)/t23-/m1/s1. The molecule has 170 valence electrons. The van der Waals surface area contributed by atoms with Crippen molar-refractivity contribution in [1.82, 2.24) is 25.2 Å². The van der Waals surface area contributed by atoms with Gasteiger partial charge >= 0.3 is 0 Å². The minimum atomic E-state index is -0.425. The maximum absolute atomic E-state index is 13.5. The molecule has 0 aliphatic carbocycles. The highest BCUT2D eigenvalue weighted by molar-refractivity contribution is 5.85.